The van der Waals surface area contributed by atoms with E-state index < -0.39 is 24.1 Å². The third-order valence-electron chi connectivity index (χ3n) is 1.67. The molecule has 5 nitrogen and oxygen atoms in total. The van der Waals surface area contributed by atoms with Crippen LogP contribution in [-0.4, -0.2) is 34.4 Å². The van der Waals surface area contributed by atoms with Gasteiger partial charge in [-0.15, -0.1) is 0 Å². The number of aliphatic hydroxyl groups is 1. The first-order chi connectivity index (χ1) is 6.45. The van der Waals surface area contributed by atoms with Gasteiger partial charge in [0.15, 0.2) is 0 Å². The van der Waals surface area contributed by atoms with Crippen LogP contribution in [0, 0.1) is 0 Å². The van der Waals surface area contributed by atoms with Crippen molar-refractivity contribution in [3.63, 3.8) is 0 Å². The van der Waals surface area contributed by atoms with Gasteiger partial charge in [-0.05, 0) is 13.3 Å². The standard InChI is InChI=1S/C9H16O5/c1-3-7(10)5-9(13)14-6(2)4-8(11)12/h6-7,10H,3-5H2,1-2H3,(H,11,12). The highest BCUT2D eigenvalue weighted by molar-refractivity contribution is 5.71. The zero-order chi connectivity index (χ0) is 11.1. The number of carboxylic acids is 1. The van der Waals surface area contributed by atoms with Gasteiger partial charge in [-0.2, -0.15) is 0 Å². The quantitative estimate of drug-likeness (QED) is 0.617. The topological polar surface area (TPSA) is 83.8 Å². The van der Waals surface area contributed by atoms with E-state index in [0.29, 0.717) is 6.42 Å². The molecule has 82 valence electrons. The van der Waals surface area contributed by atoms with Gasteiger partial charge in [-0.3, -0.25) is 9.59 Å². The molecule has 2 N–H and O–H groups in total. The van der Waals surface area contributed by atoms with Crippen LogP contribution in [0.4, 0.5) is 0 Å². The largest absolute Gasteiger partial charge is 0.481 e. The van der Waals surface area contributed by atoms with E-state index in [9.17, 15) is 9.59 Å². The van der Waals surface area contributed by atoms with Gasteiger partial charge in [0.05, 0.1) is 18.9 Å². The summed E-state index contributed by atoms with van der Waals surface area (Å²) in [4.78, 5) is 21.3. The predicted octanol–water partition coefficient (Wildman–Crippen LogP) is 0.554. The summed E-state index contributed by atoms with van der Waals surface area (Å²) in [6.45, 7) is 3.25. The number of esters is 1. The van der Waals surface area contributed by atoms with E-state index in [-0.39, 0.29) is 12.8 Å². The average Bonchev–Trinajstić information content (AvgIpc) is 2.01. The number of rotatable bonds is 6. The summed E-state index contributed by atoms with van der Waals surface area (Å²) < 4.78 is 4.75. The number of carbonyl (C=O) groups is 2. The summed E-state index contributed by atoms with van der Waals surface area (Å²) in [7, 11) is 0. The molecule has 0 saturated carbocycles. The lowest BCUT2D eigenvalue weighted by atomic mass is 10.2. The van der Waals surface area contributed by atoms with Crippen LogP contribution >= 0.6 is 0 Å². The van der Waals surface area contributed by atoms with Crippen molar-refractivity contribution in [3.8, 4) is 0 Å². The third kappa shape index (κ3) is 6.42. The molecule has 0 aromatic heterocycles. The normalized spacial score (nSPS) is 14.5. The molecule has 14 heavy (non-hydrogen) atoms. The van der Waals surface area contributed by atoms with E-state index in [2.05, 4.69) is 0 Å². The highest BCUT2D eigenvalue weighted by Gasteiger charge is 2.15. The number of hydrogen-bond donors (Lipinski definition) is 2. The predicted molar refractivity (Wildman–Crippen MR) is 48.7 cm³/mol. The molecular formula is C9H16O5. The molecule has 0 aliphatic heterocycles. The molecule has 2 unspecified atom stereocenters. The minimum atomic E-state index is -1.01. The second-order valence-corrected chi connectivity index (χ2v) is 3.16. The second-order valence-electron chi connectivity index (χ2n) is 3.16. The van der Waals surface area contributed by atoms with E-state index in [0.717, 1.165) is 0 Å². The molecule has 2 atom stereocenters. The van der Waals surface area contributed by atoms with Gasteiger partial charge in [0.2, 0.25) is 0 Å². The maximum atomic E-state index is 11.0. The molecule has 0 rings (SSSR count). The first-order valence-corrected chi connectivity index (χ1v) is 4.55. The Morgan fingerprint density at radius 1 is 1.36 bits per heavy atom. The molecule has 5 heteroatoms. The molecule has 0 amide bonds. The number of aliphatic hydroxyl groups excluding tert-OH is 1. The van der Waals surface area contributed by atoms with Crippen molar-refractivity contribution >= 4 is 11.9 Å². The van der Waals surface area contributed by atoms with Crippen LogP contribution < -0.4 is 0 Å². The van der Waals surface area contributed by atoms with Crippen LogP contribution in [0.15, 0.2) is 0 Å². The Morgan fingerprint density at radius 2 is 1.93 bits per heavy atom. The highest BCUT2D eigenvalue weighted by atomic mass is 16.5. The Kier molecular flexibility index (Phi) is 5.87. The number of hydrogen-bond acceptors (Lipinski definition) is 4. The lowest BCUT2D eigenvalue weighted by Gasteiger charge is -2.12. The van der Waals surface area contributed by atoms with Gasteiger partial charge >= 0.3 is 11.9 Å². The summed E-state index contributed by atoms with van der Waals surface area (Å²) in [6, 6.07) is 0. The van der Waals surface area contributed by atoms with Crippen LogP contribution in [0.2, 0.25) is 0 Å². The fraction of sp³-hybridized carbons (Fsp3) is 0.778. The van der Waals surface area contributed by atoms with Crippen LogP contribution in [0.25, 0.3) is 0 Å². The first-order valence-electron chi connectivity index (χ1n) is 4.55. The SMILES string of the molecule is CCC(O)CC(=O)OC(C)CC(=O)O. The van der Waals surface area contributed by atoms with Crippen LogP contribution in [0.3, 0.4) is 0 Å². The van der Waals surface area contributed by atoms with Gasteiger partial charge in [0.25, 0.3) is 0 Å². The van der Waals surface area contributed by atoms with Gasteiger partial charge < -0.3 is 14.9 Å². The molecular weight excluding hydrogens is 188 g/mol. The van der Waals surface area contributed by atoms with E-state index >= 15 is 0 Å². The Hall–Kier alpha value is -1.10. The van der Waals surface area contributed by atoms with E-state index in [1.807, 2.05) is 0 Å². The fourth-order valence-corrected chi connectivity index (χ4v) is 0.897. The smallest absolute Gasteiger partial charge is 0.308 e. The van der Waals surface area contributed by atoms with E-state index in [4.69, 9.17) is 14.9 Å². The second kappa shape index (κ2) is 6.37. The number of aliphatic carboxylic acids is 1. The maximum absolute atomic E-state index is 11.0. The van der Waals surface area contributed by atoms with E-state index in [1.54, 1.807) is 6.92 Å². The third-order valence-corrected chi connectivity index (χ3v) is 1.67. The molecule has 0 spiro atoms. The molecule has 0 aromatic rings. The van der Waals surface area contributed by atoms with Gasteiger partial charge in [-0.25, -0.2) is 0 Å². The van der Waals surface area contributed by atoms with Crippen molar-refractivity contribution in [2.45, 2.75) is 45.3 Å². The number of ether oxygens (including phenoxy) is 1. The van der Waals surface area contributed by atoms with Crippen LogP contribution in [0.5, 0.6) is 0 Å². The molecule has 0 fully saturated rings. The molecule has 0 aliphatic rings. The first kappa shape index (κ1) is 12.9. The minimum absolute atomic E-state index is 0.0829. The van der Waals surface area contributed by atoms with Crippen molar-refractivity contribution in [2.24, 2.45) is 0 Å². The Morgan fingerprint density at radius 3 is 2.36 bits per heavy atom. The lowest BCUT2D eigenvalue weighted by molar-refractivity contribution is -0.153. The van der Waals surface area contributed by atoms with Crippen molar-refractivity contribution < 1.29 is 24.5 Å². The zero-order valence-electron chi connectivity index (χ0n) is 8.40. The summed E-state index contributed by atoms with van der Waals surface area (Å²) in [5, 5.41) is 17.5. The summed E-state index contributed by atoms with van der Waals surface area (Å²) in [5.41, 5.74) is 0. The Labute approximate surface area is 82.7 Å². The monoisotopic (exact) mass is 204 g/mol. The summed E-state index contributed by atoms with van der Waals surface area (Å²) in [5.74, 6) is -1.57. The minimum Gasteiger partial charge on any atom is -0.481 e. The molecule has 0 aliphatic carbocycles. The van der Waals surface area contributed by atoms with Gasteiger partial charge in [-0.1, -0.05) is 6.92 Å². The molecule has 0 bridgehead atoms. The van der Waals surface area contributed by atoms with Crippen LogP contribution in [0.1, 0.15) is 33.1 Å². The summed E-state index contributed by atoms with van der Waals surface area (Å²) >= 11 is 0. The average molecular weight is 204 g/mol. The van der Waals surface area contributed by atoms with Gasteiger partial charge in [0.1, 0.15) is 6.10 Å². The van der Waals surface area contributed by atoms with Gasteiger partial charge in [0, 0.05) is 0 Å². The van der Waals surface area contributed by atoms with Crippen molar-refractivity contribution in [1.29, 1.82) is 0 Å². The van der Waals surface area contributed by atoms with Crippen molar-refractivity contribution in [3.05, 3.63) is 0 Å². The Balaban J connectivity index is 3.76. The highest BCUT2D eigenvalue weighted by Crippen LogP contribution is 2.03. The Bertz CT molecular complexity index is 201. The fourth-order valence-electron chi connectivity index (χ4n) is 0.897. The molecule has 0 radical (unpaired) electrons. The lowest BCUT2D eigenvalue weighted by Crippen LogP contribution is -2.21. The van der Waals surface area contributed by atoms with Crippen LogP contribution in [-0.2, 0) is 14.3 Å². The number of carboxylic acid groups (broad SMARTS) is 1. The van der Waals surface area contributed by atoms with Crippen molar-refractivity contribution in [2.75, 3.05) is 0 Å². The molecule has 0 saturated heterocycles. The molecule has 0 aromatic carbocycles. The number of carbonyl (C=O) groups excluding carboxylic acids is 1. The van der Waals surface area contributed by atoms with Crippen molar-refractivity contribution in [1.82, 2.24) is 0 Å². The summed E-state index contributed by atoms with van der Waals surface area (Å²) in [6.07, 6.45) is -1.18. The zero-order valence-corrected chi connectivity index (χ0v) is 8.40. The molecule has 0 heterocycles. The van der Waals surface area contributed by atoms with E-state index in [1.165, 1.54) is 6.92 Å². The maximum Gasteiger partial charge on any atom is 0.308 e.